The van der Waals surface area contributed by atoms with Crippen LogP contribution >= 0.6 is 0 Å². The van der Waals surface area contributed by atoms with Crippen LogP contribution in [0.3, 0.4) is 0 Å². The number of anilines is 1. The molecule has 1 unspecified atom stereocenters. The molecule has 0 saturated carbocycles. The van der Waals surface area contributed by atoms with Crippen LogP contribution in [0.15, 0.2) is 24.3 Å². The van der Waals surface area contributed by atoms with E-state index in [0.717, 1.165) is 11.4 Å². The molecule has 5 heteroatoms. The summed E-state index contributed by atoms with van der Waals surface area (Å²) in [5, 5.41) is 2.67. The van der Waals surface area contributed by atoms with E-state index in [2.05, 4.69) is 5.32 Å². The van der Waals surface area contributed by atoms with E-state index in [1.54, 1.807) is 31.2 Å². The predicted octanol–water partition coefficient (Wildman–Crippen LogP) is 0.794. The van der Waals surface area contributed by atoms with Gasteiger partial charge in [0, 0.05) is 25.7 Å². The quantitative estimate of drug-likeness (QED) is 0.860. The van der Waals surface area contributed by atoms with Crippen LogP contribution in [0, 0.1) is 5.92 Å². The fourth-order valence-corrected chi connectivity index (χ4v) is 1.99. The fourth-order valence-electron chi connectivity index (χ4n) is 1.99. The van der Waals surface area contributed by atoms with Crippen LogP contribution in [-0.4, -0.2) is 32.5 Å². The van der Waals surface area contributed by atoms with Gasteiger partial charge in [-0.05, 0) is 24.3 Å². The first-order valence-electron chi connectivity index (χ1n) is 5.80. The second-order valence-electron chi connectivity index (χ2n) is 4.30. The minimum absolute atomic E-state index is 0.0430. The summed E-state index contributed by atoms with van der Waals surface area (Å²) in [5.41, 5.74) is 0.792. The van der Waals surface area contributed by atoms with Crippen molar-refractivity contribution in [3.63, 3.8) is 0 Å². The highest BCUT2D eigenvalue weighted by Crippen LogP contribution is 2.21. The fraction of sp³-hybridized carbons (Fsp3) is 0.385. The number of benzene rings is 1. The van der Waals surface area contributed by atoms with Crippen molar-refractivity contribution in [2.75, 3.05) is 25.6 Å². The summed E-state index contributed by atoms with van der Waals surface area (Å²) >= 11 is 0. The van der Waals surface area contributed by atoms with E-state index in [0.29, 0.717) is 6.54 Å². The van der Waals surface area contributed by atoms with E-state index in [4.69, 9.17) is 4.74 Å². The van der Waals surface area contributed by atoms with Gasteiger partial charge in [-0.1, -0.05) is 0 Å². The molecule has 1 aliphatic rings. The Balaban J connectivity index is 2.07. The normalized spacial score (nSPS) is 18.3. The molecule has 96 valence electrons. The standard InChI is InChI=1S/C13H16N2O3/c1-15(10-3-5-11(18-2)6-4-10)13(17)9-7-12(16)14-8-9/h3-6,9H,7-8H2,1-2H3,(H,14,16). The molecular weight excluding hydrogens is 232 g/mol. The van der Waals surface area contributed by atoms with E-state index < -0.39 is 0 Å². The average molecular weight is 248 g/mol. The number of ether oxygens (including phenoxy) is 1. The summed E-state index contributed by atoms with van der Waals surface area (Å²) in [7, 11) is 3.31. The number of methoxy groups -OCH3 is 1. The first kappa shape index (κ1) is 12.4. The summed E-state index contributed by atoms with van der Waals surface area (Å²) in [5.74, 6) is 0.386. The summed E-state index contributed by atoms with van der Waals surface area (Å²) in [6, 6.07) is 7.25. The van der Waals surface area contributed by atoms with Crippen LogP contribution in [0.5, 0.6) is 5.75 Å². The van der Waals surface area contributed by atoms with E-state index >= 15 is 0 Å². The number of carbonyl (C=O) groups excluding carboxylic acids is 2. The van der Waals surface area contributed by atoms with E-state index in [1.165, 1.54) is 0 Å². The van der Waals surface area contributed by atoms with Crippen molar-refractivity contribution in [3.05, 3.63) is 24.3 Å². The number of amides is 2. The lowest BCUT2D eigenvalue weighted by atomic mass is 10.1. The Labute approximate surface area is 106 Å². The van der Waals surface area contributed by atoms with E-state index in [9.17, 15) is 9.59 Å². The Morgan fingerprint density at radius 1 is 1.39 bits per heavy atom. The Morgan fingerprint density at radius 2 is 2.06 bits per heavy atom. The summed E-state index contributed by atoms with van der Waals surface area (Å²) in [6.07, 6.45) is 0.277. The third-order valence-electron chi connectivity index (χ3n) is 3.12. The lowest BCUT2D eigenvalue weighted by molar-refractivity contribution is -0.124. The van der Waals surface area contributed by atoms with Crippen molar-refractivity contribution in [1.82, 2.24) is 5.32 Å². The summed E-state index contributed by atoms with van der Waals surface area (Å²) < 4.78 is 5.07. The highest BCUT2D eigenvalue weighted by atomic mass is 16.5. The minimum Gasteiger partial charge on any atom is -0.497 e. The van der Waals surface area contributed by atoms with Gasteiger partial charge in [0.15, 0.2) is 0 Å². The first-order valence-corrected chi connectivity index (χ1v) is 5.80. The molecule has 18 heavy (non-hydrogen) atoms. The molecule has 2 rings (SSSR count). The smallest absolute Gasteiger partial charge is 0.232 e. The lowest BCUT2D eigenvalue weighted by Gasteiger charge is -2.20. The van der Waals surface area contributed by atoms with Crippen molar-refractivity contribution in [2.45, 2.75) is 6.42 Å². The molecule has 5 nitrogen and oxygen atoms in total. The highest BCUT2D eigenvalue weighted by molar-refractivity contribution is 5.98. The monoisotopic (exact) mass is 248 g/mol. The molecule has 0 bridgehead atoms. The number of hydrogen-bond acceptors (Lipinski definition) is 3. The molecule has 1 saturated heterocycles. The number of nitrogens with zero attached hydrogens (tertiary/aromatic N) is 1. The van der Waals surface area contributed by atoms with E-state index in [-0.39, 0.29) is 24.2 Å². The average Bonchev–Trinajstić information content (AvgIpc) is 2.84. The second-order valence-corrected chi connectivity index (χ2v) is 4.30. The van der Waals surface area contributed by atoms with Gasteiger partial charge in [0.05, 0.1) is 13.0 Å². The molecule has 0 aromatic heterocycles. The van der Waals surface area contributed by atoms with Gasteiger partial charge in [-0.15, -0.1) is 0 Å². The minimum atomic E-state index is -0.260. The molecular formula is C13H16N2O3. The predicted molar refractivity (Wildman–Crippen MR) is 67.5 cm³/mol. The van der Waals surface area contributed by atoms with Crippen molar-refractivity contribution in [3.8, 4) is 5.75 Å². The van der Waals surface area contributed by atoms with Crippen LogP contribution in [-0.2, 0) is 9.59 Å². The van der Waals surface area contributed by atoms with Gasteiger partial charge in [0.1, 0.15) is 5.75 Å². The Kier molecular flexibility index (Phi) is 3.50. The van der Waals surface area contributed by atoms with Gasteiger partial charge in [-0.25, -0.2) is 0 Å². The maximum absolute atomic E-state index is 12.1. The molecule has 1 fully saturated rings. The highest BCUT2D eigenvalue weighted by Gasteiger charge is 2.30. The number of nitrogens with one attached hydrogen (secondary N) is 1. The zero-order valence-electron chi connectivity index (χ0n) is 10.5. The SMILES string of the molecule is COc1ccc(N(C)C(=O)C2CNC(=O)C2)cc1. The first-order chi connectivity index (χ1) is 8.61. The molecule has 1 heterocycles. The van der Waals surface area contributed by atoms with Gasteiger partial charge in [0.2, 0.25) is 11.8 Å². The van der Waals surface area contributed by atoms with Crippen LogP contribution < -0.4 is 15.0 Å². The van der Waals surface area contributed by atoms with Gasteiger partial charge in [-0.2, -0.15) is 0 Å². The number of carbonyl (C=O) groups is 2. The van der Waals surface area contributed by atoms with Gasteiger partial charge in [-0.3, -0.25) is 9.59 Å². The van der Waals surface area contributed by atoms with Gasteiger partial charge in [0.25, 0.3) is 0 Å². The van der Waals surface area contributed by atoms with Crippen LogP contribution in [0.25, 0.3) is 0 Å². The Morgan fingerprint density at radius 3 is 2.56 bits per heavy atom. The van der Waals surface area contributed by atoms with Crippen LogP contribution in [0.1, 0.15) is 6.42 Å². The maximum atomic E-state index is 12.1. The van der Waals surface area contributed by atoms with E-state index in [1.807, 2.05) is 12.1 Å². The van der Waals surface area contributed by atoms with Crippen molar-refractivity contribution in [1.29, 1.82) is 0 Å². The molecule has 0 aliphatic carbocycles. The largest absolute Gasteiger partial charge is 0.497 e. The molecule has 1 aromatic rings. The molecule has 0 radical (unpaired) electrons. The van der Waals surface area contributed by atoms with Crippen LogP contribution in [0.4, 0.5) is 5.69 Å². The molecule has 1 aromatic carbocycles. The summed E-state index contributed by atoms with van der Waals surface area (Å²) in [4.78, 5) is 24.8. The maximum Gasteiger partial charge on any atom is 0.232 e. The van der Waals surface area contributed by atoms with Crippen molar-refractivity contribution < 1.29 is 14.3 Å². The Hall–Kier alpha value is -2.04. The zero-order valence-corrected chi connectivity index (χ0v) is 10.5. The molecule has 1 atom stereocenters. The zero-order chi connectivity index (χ0) is 13.1. The third kappa shape index (κ3) is 2.45. The molecule has 0 spiro atoms. The van der Waals surface area contributed by atoms with Gasteiger partial charge < -0.3 is 15.0 Å². The van der Waals surface area contributed by atoms with Crippen LogP contribution in [0.2, 0.25) is 0 Å². The Bertz CT molecular complexity index is 456. The molecule has 1 N–H and O–H groups in total. The van der Waals surface area contributed by atoms with Crippen molar-refractivity contribution in [2.24, 2.45) is 5.92 Å². The molecule has 2 amide bonds. The second kappa shape index (κ2) is 5.08. The molecule has 1 aliphatic heterocycles. The van der Waals surface area contributed by atoms with Crippen molar-refractivity contribution >= 4 is 17.5 Å². The third-order valence-corrected chi connectivity index (χ3v) is 3.12. The number of hydrogen-bond donors (Lipinski definition) is 1. The van der Waals surface area contributed by atoms with Gasteiger partial charge >= 0.3 is 0 Å². The lowest BCUT2D eigenvalue weighted by Crippen LogP contribution is -2.33. The number of rotatable bonds is 3. The summed E-state index contributed by atoms with van der Waals surface area (Å²) in [6.45, 7) is 0.429. The topological polar surface area (TPSA) is 58.6 Å².